The quantitative estimate of drug-likeness (QED) is 0.533. The van der Waals surface area contributed by atoms with Gasteiger partial charge in [0.2, 0.25) is 5.91 Å². The maximum Gasteiger partial charge on any atom is 0.253 e. The van der Waals surface area contributed by atoms with E-state index in [4.69, 9.17) is 4.74 Å². The Morgan fingerprint density at radius 2 is 1.87 bits per heavy atom. The fourth-order valence-corrected chi connectivity index (χ4v) is 3.16. The van der Waals surface area contributed by atoms with Crippen molar-refractivity contribution in [1.29, 1.82) is 0 Å². The molecule has 1 aromatic heterocycles. The van der Waals surface area contributed by atoms with Crippen LogP contribution in [0.4, 0.5) is 14.5 Å². The van der Waals surface area contributed by atoms with Crippen LogP contribution in [-0.4, -0.2) is 17.5 Å². The highest BCUT2D eigenvalue weighted by Crippen LogP contribution is 2.37. The number of ether oxygens (including phenoxy) is 1. The molecule has 2 aromatic carbocycles. The van der Waals surface area contributed by atoms with Crippen molar-refractivity contribution in [3.63, 3.8) is 0 Å². The monoisotopic (exact) mass is 424 g/mol. The van der Waals surface area contributed by atoms with E-state index in [0.29, 0.717) is 28.8 Å². The molecule has 0 radical (unpaired) electrons. The number of carbonyl (C=O) groups is 1. The summed E-state index contributed by atoms with van der Waals surface area (Å²) in [6.45, 7) is 5.37. The van der Waals surface area contributed by atoms with Gasteiger partial charge < -0.3 is 14.2 Å². The molecule has 31 heavy (non-hydrogen) atoms. The third kappa shape index (κ3) is 4.55. The minimum absolute atomic E-state index is 0.117. The van der Waals surface area contributed by atoms with Gasteiger partial charge in [-0.05, 0) is 48.9 Å². The summed E-state index contributed by atoms with van der Waals surface area (Å²) in [6, 6.07) is 9.73. The van der Waals surface area contributed by atoms with Crippen LogP contribution < -0.4 is 15.2 Å². The number of hydrogen-bond acceptors (Lipinski definition) is 3. The number of nitrogens with zero attached hydrogens (tertiary/aromatic N) is 2. The van der Waals surface area contributed by atoms with E-state index in [0.717, 1.165) is 12.1 Å². The van der Waals surface area contributed by atoms with Crippen LogP contribution in [0.25, 0.3) is 11.1 Å². The Kier molecular flexibility index (Phi) is 6.34. The van der Waals surface area contributed by atoms with E-state index in [1.807, 2.05) is 6.92 Å². The van der Waals surface area contributed by atoms with Gasteiger partial charge in [0.1, 0.15) is 11.6 Å². The molecule has 5 nitrogen and oxygen atoms in total. The van der Waals surface area contributed by atoms with Gasteiger partial charge in [0.15, 0.2) is 11.6 Å². The SMILES string of the molecule is C=CC(=O)N(C)c1ccc(Oc2ccc(F)cc2F)c(-c2cc(CC)c(=O)n(C)c2)c1. The molecule has 0 spiro atoms. The number of halogens is 2. The Morgan fingerprint density at radius 1 is 1.16 bits per heavy atom. The lowest BCUT2D eigenvalue weighted by Gasteiger charge is -2.19. The lowest BCUT2D eigenvalue weighted by molar-refractivity contribution is -0.113. The fourth-order valence-electron chi connectivity index (χ4n) is 3.16. The van der Waals surface area contributed by atoms with Crippen LogP contribution in [0.5, 0.6) is 11.5 Å². The molecule has 0 N–H and O–H groups in total. The highest BCUT2D eigenvalue weighted by Gasteiger charge is 2.16. The van der Waals surface area contributed by atoms with Gasteiger partial charge in [-0.15, -0.1) is 0 Å². The molecule has 3 rings (SSSR count). The number of hydrogen-bond donors (Lipinski definition) is 0. The summed E-state index contributed by atoms with van der Waals surface area (Å²) in [5.74, 6) is -1.72. The molecule has 0 atom stereocenters. The number of carbonyl (C=O) groups excluding carboxylic acids is 1. The van der Waals surface area contributed by atoms with Crippen LogP contribution in [0.15, 0.2) is 66.1 Å². The fraction of sp³-hybridized carbons (Fsp3) is 0.167. The van der Waals surface area contributed by atoms with Crippen molar-refractivity contribution in [3.8, 4) is 22.6 Å². The zero-order chi connectivity index (χ0) is 22.7. The average molecular weight is 424 g/mol. The summed E-state index contributed by atoms with van der Waals surface area (Å²) in [5.41, 5.74) is 2.22. The first-order valence-electron chi connectivity index (χ1n) is 9.62. The van der Waals surface area contributed by atoms with E-state index in [-0.39, 0.29) is 23.0 Å². The molecular formula is C24H22F2N2O3. The Hall–Kier alpha value is -3.74. The maximum atomic E-state index is 14.2. The molecular weight excluding hydrogens is 402 g/mol. The lowest BCUT2D eigenvalue weighted by atomic mass is 10.0. The number of amides is 1. The van der Waals surface area contributed by atoms with Gasteiger partial charge >= 0.3 is 0 Å². The summed E-state index contributed by atoms with van der Waals surface area (Å²) in [4.78, 5) is 25.8. The zero-order valence-electron chi connectivity index (χ0n) is 17.5. The first kappa shape index (κ1) is 22.0. The number of aryl methyl sites for hydroxylation is 2. The number of pyridine rings is 1. The number of aromatic nitrogens is 1. The Labute approximate surface area is 178 Å². The standard InChI is InChI=1S/C24H22F2N2O3/c1-5-15-11-16(14-27(3)24(15)30)19-13-18(28(4)23(29)6-2)8-10-21(19)31-22-9-7-17(25)12-20(22)26/h6-14H,2,5H2,1,3-4H3. The molecule has 0 fully saturated rings. The first-order chi connectivity index (χ1) is 14.7. The molecule has 0 aliphatic rings. The molecule has 0 unspecified atom stereocenters. The third-order valence-electron chi connectivity index (χ3n) is 4.92. The minimum Gasteiger partial charge on any atom is -0.454 e. The van der Waals surface area contributed by atoms with E-state index in [1.165, 1.54) is 21.6 Å². The van der Waals surface area contributed by atoms with E-state index in [1.54, 1.807) is 44.6 Å². The molecule has 1 heterocycles. The summed E-state index contributed by atoms with van der Waals surface area (Å²) in [5, 5.41) is 0. The van der Waals surface area contributed by atoms with Crippen LogP contribution in [0.3, 0.4) is 0 Å². The number of benzene rings is 2. The van der Waals surface area contributed by atoms with E-state index in [2.05, 4.69) is 6.58 Å². The Bertz CT molecular complexity index is 1220. The highest BCUT2D eigenvalue weighted by molar-refractivity contribution is 6.01. The van der Waals surface area contributed by atoms with Gasteiger partial charge in [-0.2, -0.15) is 0 Å². The Balaban J connectivity index is 2.19. The second-order valence-corrected chi connectivity index (χ2v) is 6.98. The predicted octanol–water partition coefficient (Wildman–Crippen LogP) is 4.83. The average Bonchev–Trinajstić information content (AvgIpc) is 2.76. The smallest absolute Gasteiger partial charge is 0.253 e. The molecule has 0 saturated heterocycles. The van der Waals surface area contributed by atoms with Gasteiger partial charge in [-0.25, -0.2) is 8.78 Å². The normalized spacial score (nSPS) is 10.6. The molecule has 7 heteroatoms. The summed E-state index contributed by atoms with van der Waals surface area (Å²) >= 11 is 0. The lowest BCUT2D eigenvalue weighted by Crippen LogP contribution is -2.23. The molecule has 160 valence electrons. The summed E-state index contributed by atoms with van der Waals surface area (Å²) < 4.78 is 34.7. The second kappa shape index (κ2) is 8.95. The van der Waals surface area contributed by atoms with Crippen LogP contribution in [0.1, 0.15) is 12.5 Å². The Morgan fingerprint density at radius 3 is 2.52 bits per heavy atom. The third-order valence-corrected chi connectivity index (χ3v) is 4.92. The number of anilines is 1. The molecule has 3 aromatic rings. The van der Waals surface area contributed by atoms with Crippen molar-refractivity contribution >= 4 is 11.6 Å². The highest BCUT2D eigenvalue weighted by atomic mass is 19.1. The first-order valence-corrected chi connectivity index (χ1v) is 9.62. The van der Waals surface area contributed by atoms with Crippen molar-refractivity contribution in [2.45, 2.75) is 13.3 Å². The van der Waals surface area contributed by atoms with Gasteiger partial charge in [0.25, 0.3) is 5.56 Å². The van der Waals surface area contributed by atoms with Gasteiger partial charge in [0, 0.05) is 48.7 Å². The topological polar surface area (TPSA) is 51.5 Å². The van der Waals surface area contributed by atoms with E-state index >= 15 is 0 Å². The van der Waals surface area contributed by atoms with Gasteiger partial charge in [-0.1, -0.05) is 13.5 Å². The van der Waals surface area contributed by atoms with Crippen LogP contribution in [-0.2, 0) is 18.3 Å². The van der Waals surface area contributed by atoms with E-state index < -0.39 is 11.6 Å². The van der Waals surface area contributed by atoms with Crippen molar-refractivity contribution in [2.24, 2.45) is 7.05 Å². The van der Waals surface area contributed by atoms with E-state index in [9.17, 15) is 18.4 Å². The van der Waals surface area contributed by atoms with Crippen molar-refractivity contribution in [2.75, 3.05) is 11.9 Å². The molecule has 0 aliphatic carbocycles. The summed E-state index contributed by atoms with van der Waals surface area (Å²) in [7, 11) is 3.24. The number of rotatable bonds is 6. The zero-order valence-corrected chi connectivity index (χ0v) is 17.5. The molecule has 1 amide bonds. The van der Waals surface area contributed by atoms with Crippen LogP contribution in [0, 0.1) is 11.6 Å². The maximum absolute atomic E-state index is 14.2. The summed E-state index contributed by atoms with van der Waals surface area (Å²) in [6.07, 6.45) is 3.36. The molecule has 0 aliphatic heterocycles. The number of likely N-dealkylation sites (N-methyl/N-ethyl adjacent to an activating group) is 1. The van der Waals surface area contributed by atoms with Crippen molar-refractivity contribution < 1.29 is 18.3 Å². The van der Waals surface area contributed by atoms with Gasteiger partial charge in [0.05, 0.1) is 0 Å². The molecule has 0 saturated carbocycles. The van der Waals surface area contributed by atoms with Crippen molar-refractivity contribution in [3.05, 3.63) is 88.9 Å². The minimum atomic E-state index is -0.844. The van der Waals surface area contributed by atoms with Crippen molar-refractivity contribution in [1.82, 2.24) is 4.57 Å². The predicted molar refractivity (Wildman–Crippen MR) is 117 cm³/mol. The van der Waals surface area contributed by atoms with Crippen LogP contribution in [0.2, 0.25) is 0 Å². The van der Waals surface area contributed by atoms with Crippen LogP contribution >= 0.6 is 0 Å². The second-order valence-electron chi connectivity index (χ2n) is 6.98. The van der Waals surface area contributed by atoms with Gasteiger partial charge in [-0.3, -0.25) is 9.59 Å². The largest absolute Gasteiger partial charge is 0.454 e. The molecule has 0 bridgehead atoms.